The minimum Gasteiger partial charge on any atom is -0.344 e. The van der Waals surface area contributed by atoms with E-state index in [0.29, 0.717) is 6.29 Å². The highest BCUT2D eigenvalue weighted by Crippen LogP contribution is 2.10. The summed E-state index contributed by atoms with van der Waals surface area (Å²) in [6, 6.07) is 3.77. The van der Waals surface area contributed by atoms with Crippen LogP contribution in [0.5, 0.6) is 0 Å². The van der Waals surface area contributed by atoms with E-state index in [2.05, 4.69) is 0 Å². The second-order valence-corrected chi connectivity index (χ2v) is 2.08. The molecule has 1 aromatic rings. The first kappa shape index (κ1) is 10.7. The standard InChI is InChI=1S/C8H6F2O.H3N/c9-7-3-1-2-6(4-5-11)8(7)10;/h1-3,5H,4H2;1H3. The third-order valence-corrected chi connectivity index (χ3v) is 1.33. The van der Waals surface area contributed by atoms with E-state index >= 15 is 0 Å². The van der Waals surface area contributed by atoms with Crippen LogP contribution in [-0.2, 0) is 11.2 Å². The molecule has 0 unspecified atom stereocenters. The zero-order valence-electron chi connectivity index (χ0n) is 6.39. The molecular weight excluding hydrogens is 164 g/mol. The Morgan fingerprint density at radius 2 is 2.00 bits per heavy atom. The Morgan fingerprint density at radius 3 is 2.58 bits per heavy atom. The average Bonchev–Trinajstić information content (AvgIpc) is 1.99. The Hall–Kier alpha value is -1.29. The summed E-state index contributed by atoms with van der Waals surface area (Å²) >= 11 is 0. The predicted octanol–water partition coefficient (Wildman–Crippen LogP) is 1.87. The van der Waals surface area contributed by atoms with Crippen molar-refractivity contribution in [2.45, 2.75) is 6.42 Å². The van der Waals surface area contributed by atoms with Gasteiger partial charge in [0.1, 0.15) is 6.29 Å². The molecule has 0 saturated carbocycles. The largest absolute Gasteiger partial charge is 0.344 e. The highest BCUT2D eigenvalue weighted by molar-refractivity contribution is 5.54. The van der Waals surface area contributed by atoms with E-state index in [-0.39, 0.29) is 18.1 Å². The summed E-state index contributed by atoms with van der Waals surface area (Å²) in [5, 5.41) is 0. The Kier molecular flexibility index (Phi) is 4.07. The Labute approximate surface area is 68.8 Å². The number of benzene rings is 1. The molecule has 0 aromatic heterocycles. The van der Waals surface area contributed by atoms with Gasteiger partial charge in [0.25, 0.3) is 0 Å². The minimum atomic E-state index is -0.931. The lowest BCUT2D eigenvalue weighted by Gasteiger charge is -1.97. The first-order valence-electron chi connectivity index (χ1n) is 3.12. The summed E-state index contributed by atoms with van der Waals surface area (Å²) in [5.74, 6) is -1.84. The minimum absolute atomic E-state index is 0. The Balaban J connectivity index is 0.00000121. The van der Waals surface area contributed by atoms with Gasteiger partial charge in [0.15, 0.2) is 11.6 Å². The molecule has 0 amide bonds. The van der Waals surface area contributed by atoms with Crippen molar-refractivity contribution < 1.29 is 13.6 Å². The lowest BCUT2D eigenvalue weighted by molar-refractivity contribution is -0.107. The van der Waals surface area contributed by atoms with Gasteiger partial charge in [-0.1, -0.05) is 12.1 Å². The van der Waals surface area contributed by atoms with E-state index in [1.54, 1.807) is 0 Å². The lowest BCUT2D eigenvalue weighted by atomic mass is 10.1. The summed E-state index contributed by atoms with van der Waals surface area (Å²) in [6.07, 6.45) is 0.460. The maximum absolute atomic E-state index is 12.7. The van der Waals surface area contributed by atoms with Gasteiger partial charge < -0.3 is 10.9 Å². The molecule has 0 atom stereocenters. The van der Waals surface area contributed by atoms with Crippen LogP contribution in [0.4, 0.5) is 8.78 Å². The SMILES string of the molecule is N.O=CCc1cccc(F)c1F. The van der Waals surface area contributed by atoms with Gasteiger partial charge in [0, 0.05) is 6.42 Å². The molecular formula is C8H9F2NO. The molecule has 66 valence electrons. The van der Waals surface area contributed by atoms with Crippen molar-refractivity contribution in [2.75, 3.05) is 0 Å². The third-order valence-electron chi connectivity index (χ3n) is 1.33. The molecule has 2 nitrogen and oxygen atoms in total. The van der Waals surface area contributed by atoms with Crippen LogP contribution in [0.25, 0.3) is 0 Å². The first-order valence-corrected chi connectivity index (χ1v) is 3.12. The van der Waals surface area contributed by atoms with Gasteiger partial charge in [-0.3, -0.25) is 0 Å². The van der Waals surface area contributed by atoms with Gasteiger partial charge in [-0.2, -0.15) is 0 Å². The van der Waals surface area contributed by atoms with Gasteiger partial charge in [0.2, 0.25) is 0 Å². The van der Waals surface area contributed by atoms with Crippen LogP contribution in [0.1, 0.15) is 5.56 Å². The van der Waals surface area contributed by atoms with E-state index in [0.717, 1.165) is 6.07 Å². The van der Waals surface area contributed by atoms with Crippen LogP contribution >= 0.6 is 0 Å². The molecule has 0 aliphatic carbocycles. The molecule has 0 saturated heterocycles. The Morgan fingerprint density at radius 1 is 1.33 bits per heavy atom. The van der Waals surface area contributed by atoms with Gasteiger partial charge in [-0.15, -0.1) is 0 Å². The fraction of sp³-hybridized carbons (Fsp3) is 0.125. The molecule has 0 heterocycles. The van der Waals surface area contributed by atoms with Gasteiger partial charge in [-0.05, 0) is 11.6 Å². The maximum Gasteiger partial charge on any atom is 0.162 e. The van der Waals surface area contributed by atoms with Gasteiger partial charge >= 0.3 is 0 Å². The number of carbonyl (C=O) groups excluding carboxylic acids is 1. The summed E-state index contributed by atoms with van der Waals surface area (Å²) < 4.78 is 25.1. The fourth-order valence-corrected chi connectivity index (χ4v) is 0.796. The lowest BCUT2D eigenvalue weighted by Crippen LogP contribution is -1.94. The second kappa shape index (κ2) is 4.56. The average molecular weight is 173 g/mol. The van der Waals surface area contributed by atoms with E-state index in [4.69, 9.17) is 0 Å². The van der Waals surface area contributed by atoms with Crippen LogP contribution in [0.2, 0.25) is 0 Å². The number of carbonyl (C=O) groups is 1. The number of halogens is 2. The zero-order valence-corrected chi connectivity index (χ0v) is 6.39. The molecule has 12 heavy (non-hydrogen) atoms. The molecule has 3 N–H and O–H groups in total. The number of rotatable bonds is 2. The van der Waals surface area contributed by atoms with Crippen molar-refractivity contribution in [3.8, 4) is 0 Å². The summed E-state index contributed by atoms with van der Waals surface area (Å²) in [5.41, 5.74) is 0.0972. The molecule has 0 aliphatic heterocycles. The second-order valence-electron chi connectivity index (χ2n) is 2.08. The van der Waals surface area contributed by atoms with E-state index in [9.17, 15) is 13.6 Å². The molecule has 1 aromatic carbocycles. The van der Waals surface area contributed by atoms with E-state index in [1.165, 1.54) is 12.1 Å². The van der Waals surface area contributed by atoms with Crippen molar-refractivity contribution in [3.63, 3.8) is 0 Å². The topological polar surface area (TPSA) is 52.1 Å². The van der Waals surface area contributed by atoms with E-state index in [1.807, 2.05) is 0 Å². The van der Waals surface area contributed by atoms with Gasteiger partial charge in [0.05, 0.1) is 0 Å². The van der Waals surface area contributed by atoms with Crippen LogP contribution < -0.4 is 6.15 Å². The van der Waals surface area contributed by atoms with Crippen molar-refractivity contribution >= 4 is 6.29 Å². The number of aldehydes is 1. The zero-order chi connectivity index (χ0) is 8.27. The van der Waals surface area contributed by atoms with Crippen molar-refractivity contribution in [1.82, 2.24) is 6.15 Å². The highest BCUT2D eigenvalue weighted by atomic mass is 19.2. The fourth-order valence-electron chi connectivity index (χ4n) is 0.796. The van der Waals surface area contributed by atoms with Crippen LogP contribution in [-0.4, -0.2) is 6.29 Å². The molecule has 1 rings (SSSR count). The normalized spacial score (nSPS) is 8.83. The van der Waals surface area contributed by atoms with Crippen LogP contribution in [0, 0.1) is 11.6 Å². The van der Waals surface area contributed by atoms with Crippen molar-refractivity contribution in [1.29, 1.82) is 0 Å². The maximum atomic E-state index is 12.7. The van der Waals surface area contributed by atoms with Crippen LogP contribution in [0.15, 0.2) is 18.2 Å². The van der Waals surface area contributed by atoms with Crippen molar-refractivity contribution in [3.05, 3.63) is 35.4 Å². The van der Waals surface area contributed by atoms with Gasteiger partial charge in [-0.25, -0.2) is 8.78 Å². The number of hydrogen-bond acceptors (Lipinski definition) is 2. The molecule has 0 aliphatic rings. The Bertz CT molecular complexity index is 276. The molecule has 0 bridgehead atoms. The smallest absolute Gasteiger partial charge is 0.162 e. The molecule has 0 fully saturated rings. The molecule has 0 radical (unpaired) electrons. The summed E-state index contributed by atoms with van der Waals surface area (Å²) in [6.45, 7) is 0. The summed E-state index contributed by atoms with van der Waals surface area (Å²) in [7, 11) is 0. The first-order chi connectivity index (χ1) is 5.25. The summed E-state index contributed by atoms with van der Waals surface area (Å²) in [4.78, 5) is 9.95. The molecule has 0 spiro atoms. The monoisotopic (exact) mass is 173 g/mol. The highest BCUT2D eigenvalue weighted by Gasteiger charge is 2.05. The molecule has 4 heteroatoms. The predicted molar refractivity (Wildman–Crippen MR) is 41.1 cm³/mol. The van der Waals surface area contributed by atoms with E-state index < -0.39 is 11.6 Å². The quantitative estimate of drug-likeness (QED) is 0.694. The van der Waals surface area contributed by atoms with Crippen LogP contribution in [0.3, 0.4) is 0 Å². The number of hydrogen-bond donors (Lipinski definition) is 1. The third kappa shape index (κ3) is 2.10. The van der Waals surface area contributed by atoms with Crippen molar-refractivity contribution in [2.24, 2.45) is 0 Å².